The summed E-state index contributed by atoms with van der Waals surface area (Å²) in [5, 5.41) is 0. The smallest absolute Gasteiger partial charge is 0.133 e. The lowest BCUT2D eigenvalue weighted by atomic mass is 9.75. The largest absolute Gasteiger partial charge is 0.372 e. The summed E-state index contributed by atoms with van der Waals surface area (Å²) in [7, 11) is 0. The van der Waals surface area contributed by atoms with Crippen molar-refractivity contribution in [2.24, 2.45) is 5.41 Å². The lowest BCUT2D eigenvalue weighted by Crippen LogP contribution is -2.29. The van der Waals surface area contributed by atoms with Gasteiger partial charge in [0.05, 0.1) is 6.54 Å². The second-order valence-corrected chi connectivity index (χ2v) is 7.00. The monoisotopic (exact) mass is 300 g/mol. The van der Waals surface area contributed by atoms with Crippen LogP contribution < -0.4 is 4.90 Å². The molecule has 1 spiro atoms. The zero-order chi connectivity index (χ0) is 15.3. The topological polar surface area (TPSA) is 23.6 Å². The van der Waals surface area contributed by atoms with Crippen LogP contribution in [0.1, 0.15) is 38.5 Å². The number of hydrogen-bond donors (Lipinski definition) is 0. The lowest BCUT2D eigenvalue weighted by molar-refractivity contribution is -0.108. The molecule has 2 aliphatic heterocycles. The van der Waals surface area contributed by atoms with Gasteiger partial charge in [-0.05, 0) is 69.2 Å². The molecule has 120 valence electrons. The van der Waals surface area contributed by atoms with Crippen LogP contribution in [0.4, 0.5) is 5.69 Å². The molecule has 2 heterocycles. The highest BCUT2D eigenvalue weighted by Crippen LogP contribution is 2.41. The van der Waals surface area contributed by atoms with Gasteiger partial charge in [-0.25, -0.2) is 0 Å². The summed E-state index contributed by atoms with van der Waals surface area (Å²) in [6.07, 6.45) is 8.86. The molecule has 0 aliphatic carbocycles. The van der Waals surface area contributed by atoms with Crippen molar-refractivity contribution < 1.29 is 4.79 Å². The molecule has 1 unspecified atom stereocenters. The summed E-state index contributed by atoms with van der Waals surface area (Å²) in [6.45, 7) is 5.18. The number of benzene rings is 1. The van der Waals surface area contributed by atoms with Crippen LogP contribution >= 0.6 is 0 Å². The van der Waals surface area contributed by atoms with Gasteiger partial charge >= 0.3 is 0 Å². The summed E-state index contributed by atoms with van der Waals surface area (Å²) in [5.74, 6) is 0. The number of carbonyl (C=O) groups is 1. The van der Waals surface area contributed by atoms with Gasteiger partial charge in [-0.15, -0.1) is 0 Å². The van der Waals surface area contributed by atoms with E-state index in [1.165, 1.54) is 57.3 Å². The molecule has 0 N–H and O–H groups in total. The quantitative estimate of drug-likeness (QED) is 0.800. The third-order valence-electron chi connectivity index (χ3n) is 5.64. The first-order valence-electron chi connectivity index (χ1n) is 8.77. The van der Waals surface area contributed by atoms with Gasteiger partial charge in [-0.3, -0.25) is 4.90 Å². The molecule has 1 atom stereocenters. The Balaban J connectivity index is 1.63. The van der Waals surface area contributed by atoms with Gasteiger partial charge in [-0.2, -0.15) is 0 Å². The molecular weight excluding hydrogens is 272 g/mol. The molecule has 3 heteroatoms. The van der Waals surface area contributed by atoms with Gasteiger partial charge in [0.2, 0.25) is 0 Å². The fourth-order valence-electron chi connectivity index (χ4n) is 4.25. The molecule has 0 radical (unpaired) electrons. The summed E-state index contributed by atoms with van der Waals surface area (Å²) < 4.78 is 0. The van der Waals surface area contributed by atoms with Crippen LogP contribution in [-0.4, -0.2) is 43.9 Å². The summed E-state index contributed by atoms with van der Waals surface area (Å²) in [5.41, 5.74) is 1.89. The molecule has 2 saturated heterocycles. The predicted molar refractivity (Wildman–Crippen MR) is 91.3 cm³/mol. The molecule has 22 heavy (non-hydrogen) atoms. The average molecular weight is 300 g/mol. The molecule has 3 rings (SSSR count). The third kappa shape index (κ3) is 3.70. The Morgan fingerprint density at radius 2 is 1.64 bits per heavy atom. The van der Waals surface area contributed by atoms with Crippen molar-refractivity contribution in [3.63, 3.8) is 0 Å². The lowest BCUT2D eigenvalue weighted by Gasteiger charge is -2.32. The summed E-state index contributed by atoms with van der Waals surface area (Å²) in [4.78, 5) is 15.7. The SMILES string of the molecule is O=CCN1CCCC2(CCCN(c3ccccc3)CC2)CC1. The van der Waals surface area contributed by atoms with E-state index >= 15 is 0 Å². The fourth-order valence-corrected chi connectivity index (χ4v) is 4.25. The minimum Gasteiger partial charge on any atom is -0.372 e. The van der Waals surface area contributed by atoms with Crippen molar-refractivity contribution in [2.75, 3.05) is 37.6 Å². The van der Waals surface area contributed by atoms with Crippen LogP contribution in [0.2, 0.25) is 0 Å². The van der Waals surface area contributed by atoms with E-state index in [0.29, 0.717) is 12.0 Å². The van der Waals surface area contributed by atoms with E-state index in [1.54, 1.807) is 0 Å². The molecule has 0 bridgehead atoms. The highest BCUT2D eigenvalue weighted by molar-refractivity contribution is 5.52. The Hall–Kier alpha value is -1.35. The van der Waals surface area contributed by atoms with Gasteiger partial charge in [0.15, 0.2) is 0 Å². The molecule has 2 aliphatic rings. The number of para-hydroxylation sites is 1. The van der Waals surface area contributed by atoms with Crippen LogP contribution in [0.25, 0.3) is 0 Å². The molecule has 1 aromatic carbocycles. The molecule has 0 saturated carbocycles. The average Bonchev–Trinajstić information content (AvgIpc) is 2.88. The number of aldehydes is 1. The maximum absolute atomic E-state index is 10.8. The van der Waals surface area contributed by atoms with Crippen LogP contribution in [0.5, 0.6) is 0 Å². The number of hydrogen-bond acceptors (Lipinski definition) is 3. The van der Waals surface area contributed by atoms with Crippen molar-refractivity contribution >= 4 is 12.0 Å². The van der Waals surface area contributed by atoms with Gasteiger partial charge in [-0.1, -0.05) is 18.2 Å². The van der Waals surface area contributed by atoms with E-state index in [2.05, 4.69) is 40.1 Å². The third-order valence-corrected chi connectivity index (χ3v) is 5.64. The van der Waals surface area contributed by atoms with Crippen LogP contribution in [0.3, 0.4) is 0 Å². The Morgan fingerprint density at radius 3 is 2.41 bits per heavy atom. The van der Waals surface area contributed by atoms with E-state index in [4.69, 9.17) is 0 Å². The minimum absolute atomic E-state index is 0.515. The van der Waals surface area contributed by atoms with E-state index < -0.39 is 0 Å². The number of carbonyl (C=O) groups excluding carboxylic acids is 1. The predicted octanol–water partition coefficient (Wildman–Crippen LogP) is 3.35. The molecule has 3 nitrogen and oxygen atoms in total. The van der Waals surface area contributed by atoms with Crippen molar-refractivity contribution in [1.29, 1.82) is 0 Å². The maximum Gasteiger partial charge on any atom is 0.133 e. The summed E-state index contributed by atoms with van der Waals surface area (Å²) >= 11 is 0. The number of likely N-dealkylation sites (tertiary alicyclic amines) is 1. The zero-order valence-electron chi connectivity index (χ0n) is 13.5. The Bertz CT molecular complexity index is 476. The van der Waals surface area contributed by atoms with E-state index in [9.17, 15) is 4.79 Å². The first kappa shape index (κ1) is 15.5. The Kier molecular flexibility index (Phi) is 5.14. The molecule has 1 aromatic rings. The zero-order valence-corrected chi connectivity index (χ0v) is 13.5. The minimum atomic E-state index is 0.515. The van der Waals surface area contributed by atoms with E-state index in [1.807, 2.05) is 0 Å². The second-order valence-electron chi connectivity index (χ2n) is 7.00. The van der Waals surface area contributed by atoms with Gasteiger partial charge in [0.1, 0.15) is 6.29 Å². The van der Waals surface area contributed by atoms with Gasteiger partial charge < -0.3 is 9.69 Å². The molecule has 0 amide bonds. The molecular formula is C19H28N2O. The standard InChI is InChI=1S/C19H28N2O/c22-17-16-20-12-4-8-19(10-14-20)9-5-13-21(15-11-19)18-6-2-1-3-7-18/h1-3,6-7,17H,4-5,8-16H2. The van der Waals surface area contributed by atoms with Gasteiger partial charge in [0.25, 0.3) is 0 Å². The summed E-state index contributed by atoms with van der Waals surface area (Å²) in [6, 6.07) is 10.8. The van der Waals surface area contributed by atoms with E-state index in [0.717, 1.165) is 19.4 Å². The Labute approximate surface area is 134 Å². The Morgan fingerprint density at radius 1 is 0.909 bits per heavy atom. The van der Waals surface area contributed by atoms with Gasteiger partial charge in [0, 0.05) is 18.8 Å². The van der Waals surface area contributed by atoms with Crippen molar-refractivity contribution in [3.05, 3.63) is 30.3 Å². The van der Waals surface area contributed by atoms with Crippen LogP contribution in [-0.2, 0) is 4.79 Å². The van der Waals surface area contributed by atoms with Crippen molar-refractivity contribution in [3.8, 4) is 0 Å². The first-order valence-corrected chi connectivity index (χ1v) is 8.77. The van der Waals surface area contributed by atoms with Crippen molar-refractivity contribution in [1.82, 2.24) is 4.90 Å². The van der Waals surface area contributed by atoms with Crippen LogP contribution in [0.15, 0.2) is 30.3 Å². The van der Waals surface area contributed by atoms with E-state index in [-0.39, 0.29) is 0 Å². The van der Waals surface area contributed by atoms with Crippen molar-refractivity contribution in [2.45, 2.75) is 38.5 Å². The number of nitrogens with zero attached hydrogens (tertiary/aromatic N) is 2. The van der Waals surface area contributed by atoms with Crippen LogP contribution in [0, 0.1) is 5.41 Å². The fraction of sp³-hybridized carbons (Fsp3) is 0.632. The molecule has 0 aromatic heterocycles. The highest BCUT2D eigenvalue weighted by Gasteiger charge is 2.34. The second kappa shape index (κ2) is 7.28. The maximum atomic E-state index is 10.8. The number of rotatable bonds is 3. The molecule has 2 fully saturated rings. The highest BCUT2D eigenvalue weighted by atomic mass is 16.1. The first-order chi connectivity index (χ1) is 10.8. The normalized spacial score (nSPS) is 27.4. The number of anilines is 1.